The topological polar surface area (TPSA) is 78.6 Å². The Labute approximate surface area is 217 Å². The van der Waals surface area contributed by atoms with Gasteiger partial charge in [0.15, 0.2) is 11.5 Å². The van der Waals surface area contributed by atoms with Crippen molar-refractivity contribution < 1.29 is 19.1 Å². The van der Waals surface area contributed by atoms with Crippen LogP contribution >= 0.6 is 12.4 Å². The first-order valence-corrected chi connectivity index (χ1v) is 11.5. The molecular weight excluding hydrogens is 474 g/mol. The predicted molar refractivity (Wildman–Crippen MR) is 146 cm³/mol. The van der Waals surface area contributed by atoms with Crippen LogP contribution in [-0.4, -0.2) is 18.5 Å². The Bertz CT molecular complexity index is 1390. The molecule has 5 nitrogen and oxygen atoms in total. The lowest BCUT2D eigenvalue weighted by molar-refractivity contribution is 0.0683. The van der Waals surface area contributed by atoms with Crippen molar-refractivity contribution in [3.05, 3.63) is 107 Å². The first-order chi connectivity index (χ1) is 16.7. The fraction of sp³-hybridized carbons (Fsp3) is 0.200. The van der Waals surface area contributed by atoms with Gasteiger partial charge in [0.1, 0.15) is 0 Å². The third-order valence-corrected chi connectivity index (χ3v) is 6.17. The number of hydrogen-bond donors (Lipinski definition) is 1. The van der Waals surface area contributed by atoms with E-state index in [2.05, 4.69) is 13.8 Å². The summed E-state index contributed by atoms with van der Waals surface area (Å²) in [6, 6.07) is 23.6. The molecule has 0 saturated heterocycles. The summed E-state index contributed by atoms with van der Waals surface area (Å²) in [5, 5.41) is 1.70. The lowest BCUT2D eigenvalue weighted by Crippen LogP contribution is -2.27. The number of esters is 2. The number of carbonyl (C=O) groups is 2. The van der Waals surface area contributed by atoms with Crippen LogP contribution in [0.2, 0.25) is 0 Å². The molecule has 6 heteroatoms. The Morgan fingerprint density at radius 3 is 1.58 bits per heavy atom. The lowest BCUT2D eigenvalue weighted by atomic mass is 9.84. The molecule has 0 radical (unpaired) electrons. The Morgan fingerprint density at radius 2 is 1.14 bits per heavy atom. The number of hydrogen-bond acceptors (Lipinski definition) is 5. The van der Waals surface area contributed by atoms with Crippen LogP contribution in [0.1, 0.15) is 51.3 Å². The van der Waals surface area contributed by atoms with Crippen LogP contribution < -0.4 is 15.2 Å². The van der Waals surface area contributed by atoms with E-state index >= 15 is 0 Å². The van der Waals surface area contributed by atoms with Crippen LogP contribution in [-0.2, 0) is 5.41 Å². The van der Waals surface area contributed by atoms with Crippen molar-refractivity contribution in [1.82, 2.24) is 0 Å². The molecule has 0 saturated carbocycles. The van der Waals surface area contributed by atoms with E-state index in [4.69, 9.17) is 15.2 Å². The normalized spacial score (nSPS) is 11.0. The zero-order valence-electron chi connectivity index (χ0n) is 20.8. The molecule has 0 fully saturated rings. The van der Waals surface area contributed by atoms with Gasteiger partial charge in [-0.3, -0.25) is 0 Å². The Balaban J connectivity index is 0.00000361. The van der Waals surface area contributed by atoms with Crippen molar-refractivity contribution in [1.29, 1.82) is 0 Å². The molecule has 4 aromatic carbocycles. The number of carbonyl (C=O) groups excluding carboxylic acids is 2. The summed E-state index contributed by atoms with van der Waals surface area (Å²) in [5.41, 5.74) is 9.70. The molecule has 0 aliphatic rings. The number of rotatable bonds is 6. The highest BCUT2D eigenvalue weighted by Gasteiger charge is 2.21. The first kappa shape index (κ1) is 26.9. The van der Waals surface area contributed by atoms with Crippen LogP contribution in [0.3, 0.4) is 0 Å². The summed E-state index contributed by atoms with van der Waals surface area (Å²) in [6.07, 6.45) is 0. The van der Waals surface area contributed by atoms with Gasteiger partial charge >= 0.3 is 11.9 Å². The summed E-state index contributed by atoms with van der Waals surface area (Å²) in [7, 11) is 0. The largest absolute Gasteiger partial charge is 0.419 e. The fourth-order valence-electron chi connectivity index (χ4n) is 3.65. The van der Waals surface area contributed by atoms with Gasteiger partial charge in [-0.25, -0.2) is 9.59 Å². The van der Waals surface area contributed by atoms with E-state index in [1.807, 2.05) is 56.3 Å². The molecular formula is C30H30ClNO4. The minimum Gasteiger partial charge on any atom is -0.419 e. The molecule has 0 aliphatic heterocycles. The Kier molecular flexibility index (Phi) is 8.18. The van der Waals surface area contributed by atoms with Gasteiger partial charge in [-0.15, -0.1) is 12.4 Å². The Morgan fingerprint density at radius 1 is 0.694 bits per heavy atom. The maximum Gasteiger partial charge on any atom is 0.343 e. The highest BCUT2D eigenvalue weighted by Crippen LogP contribution is 2.36. The minimum absolute atomic E-state index is 0. The van der Waals surface area contributed by atoms with Gasteiger partial charge in [0.2, 0.25) is 0 Å². The minimum atomic E-state index is -0.532. The molecule has 0 heterocycles. The van der Waals surface area contributed by atoms with Gasteiger partial charge < -0.3 is 15.2 Å². The number of ether oxygens (including phenoxy) is 2. The molecule has 186 valence electrons. The van der Waals surface area contributed by atoms with Crippen LogP contribution in [0, 0.1) is 13.8 Å². The van der Waals surface area contributed by atoms with Gasteiger partial charge in [0, 0.05) is 12.0 Å². The third kappa shape index (κ3) is 5.93. The quantitative estimate of drug-likeness (QED) is 0.238. The molecule has 0 amide bonds. The number of aryl methyl sites for hydroxylation is 2. The Hall–Kier alpha value is -3.67. The molecule has 0 atom stereocenters. The van der Waals surface area contributed by atoms with Crippen molar-refractivity contribution >= 4 is 35.1 Å². The van der Waals surface area contributed by atoms with Gasteiger partial charge in [-0.2, -0.15) is 0 Å². The van der Waals surface area contributed by atoms with Gasteiger partial charge in [0.05, 0.1) is 11.1 Å². The maximum atomic E-state index is 12.9. The molecule has 0 bridgehead atoms. The zero-order valence-corrected chi connectivity index (χ0v) is 21.6. The summed E-state index contributed by atoms with van der Waals surface area (Å²) in [4.78, 5) is 25.8. The molecule has 2 N–H and O–H groups in total. The summed E-state index contributed by atoms with van der Waals surface area (Å²) < 4.78 is 11.5. The van der Waals surface area contributed by atoms with E-state index in [1.54, 1.807) is 36.4 Å². The highest BCUT2D eigenvalue weighted by atomic mass is 35.5. The molecule has 0 aliphatic carbocycles. The van der Waals surface area contributed by atoms with Crippen LogP contribution in [0.5, 0.6) is 11.5 Å². The van der Waals surface area contributed by atoms with E-state index in [0.717, 1.165) is 27.5 Å². The van der Waals surface area contributed by atoms with Crippen LogP contribution in [0.4, 0.5) is 0 Å². The SMILES string of the molecule is Cc1ccc(C(=O)Oc2cc3ccc(C(C)(C)CN)cc3cc2OC(=O)c2ccc(C)cc2)cc1.Cl. The monoisotopic (exact) mass is 503 g/mol. The van der Waals surface area contributed by atoms with E-state index in [-0.39, 0.29) is 29.3 Å². The van der Waals surface area contributed by atoms with E-state index < -0.39 is 11.9 Å². The number of benzene rings is 4. The van der Waals surface area contributed by atoms with Crippen molar-refractivity contribution in [2.24, 2.45) is 5.73 Å². The number of nitrogens with two attached hydrogens (primary N) is 1. The average Bonchev–Trinajstić information content (AvgIpc) is 2.84. The number of halogens is 1. The zero-order chi connectivity index (χ0) is 25.2. The van der Waals surface area contributed by atoms with Crippen molar-refractivity contribution in [2.45, 2.75) is 33.1 Å². The summed E-state index contributed by atoms with van der Waals surface area (Å²) >= 11 is 0. The van der Waals surface area contributed by atoms with Crippen LogP contribution in [0.25, 0.3) is 10.8 Å². The van der Waals surface area contributed by atoms with Gasteiger partial charge in [-0.1, -0.05) is 67.4 Å². The third-order valence-electron chi connectivity index (χ3n) is 6.17. The number of fused-ring (bicyclic) bond motifs is 1. The molecule has 0 aromatic heterocycles. The predicted octanol–water partition coefficient (Wildman–Crippen LogP) is 6.55. The van der Waals surface area contributed by atoms with E-state index in [9.17, 15) is 9.59 Å². The van der Waals surface area contributed by atoms with Crippen LogP contribution in [0.15, 0.2) is 78.9 Å². The highest BCUT2D eigenvalue weighted by molar-refractivity contribution is 5.95. The van der Waals surface area contributed by atoms with Crippen molar-refractivity contribution in [3.63, 3.8) is 0 Å². The second-order valence-corrected chi connectivity index (χ2v) is 9.46. The van der Waals surface area contributed by atoms with E-state index in [1.165, 1.54) is 0 Å². The van der Waals surface area contributed by atoms with E-state index in [0.29, 0.717) is 17.7 Å². The summed E-state index contributed by atoms with van der Waals surface area (Å²) in [5.74, 6) is -0.714. The van der Waals surface area contributed by atoms with Crippen molar-refractivity contribution in [2.75, 3.05) is 6.54 Å². The van der Waals surface area contributed by atoms with Gasteiger partial charge in [0.25, 0.3) is 0 Å². The standard InChI is InChI=1S/C30H29NO4.ClH/c1-19-5-9-21(10-6-19)28(32)34-26-16-23-13-14-25(30(3,4)18-31)15-24(23)17-27(26)35-29(33)22-11-7-20(2)8-12-22;/h5-17H,18,31H2,1-4H3;1H. The van der Waals surface area contributed by atoms with Gasteiger partial charge in [-0.05, 0) is 66.6 Å². The smallest absolute Gasteiger partial charge is 0.343 e. The molecule has 4 aromatic rings. The second-order valence-electron chi connectivity index (χ2n) is 9.46. The first-order valence-electron chi connectivity index (χ1n) is 11.5. The maximum absolute atomic E-state index is 12.9. The average molecular weight is 504 g/mol. The fourth-order valence-corrected chi connectivity index (χ4v) is 3.65. The molecule has 36 heavy (non-hydrogen) atoms. The second kappa shape index (κ2) is 10.9. The van der Waals surface area contributed by atoms with Crippen molar-refractivity contribution in [3.8, 4) is 11.5 Å². The molecule has 0 unspecified atom stereocenters. The molecule has 0 spiro atoms. The lowest BCUT2D eigenvalue weighted by Gasteiger charge is -2.23. The molecule has 4 rings (SSSR count). The summed E-state index contributed by atoms with van der Waals surface area (Å²) in [6.45, 7) is 8.53.